The van der Waals surface area contributed by atoms with E-state index in [1.165, 1.54) is 22.2 Å². The lowest BCUT2D eigenvalue weighted by molar-refractivity contribution is -0.157. The van der Waals surface area contributed by atoms with Crippen LogP contribution in [0.25, 0.3) is 10.6 Å². The minimum Gasteiger partial charge on any atom is -0.442 e. The molecule has 0 atom stereocenters. The summed E-state index contributed by atoms with van der Waals surface area (Å²) in [5.41, 5.74) is 1.13. The van der Waals surface area contributed by atoms with E-state index in [9.17, 15) is 9.59 Å². The van der Waals surface area contributed by atoms with Crippen LogP contribution in [0.5, 0.6) is 0 Å². The molecule has 1 amide bonds. The van der Waals surface area contributed by atoms with Gasteiger partial charge in [0.1, 0.15) is 10.7 Å². The van der Waals surface area contributed by atoms with Crippen molar-refractivity contribution in [3.63, 3.8) is 0 Å². The van der Waals surface area contributed by atoms with Crippen molar-refractivity contribution in [1.82, 2.24) is 19.7 Å². The quantitative estimate of drug-likeness (QED) is 0.677. The van der Waals surface area contributed by atoms with Crippen molar-refractivity contribution < 1.29 is 14.3 Å². The van der Waals surface area contributed by atoms with Crippen LogP contribution < -0.4 is 5.32 Å². The number of ether oxygens (including phenoxy) is 1. The zero-order valence-electron chi connectivity index (χ0n) is 15.2. The number of aromatic nitrogens is 4. The van der Waals surface area contributed by atoms with Gasteiger partial charge in [0.15, 0.2) is 6.73 Å². The van der Waals surface area contributed by atoms with Crippen LogP contribution in [0.4, 0.5) is 5.69 Å². The van der Waals surface area contributed by atoms with Crippen molar-refractivity contribution in [3.05, 3.63) is 48.0 Å². The standard InChI is InChI=1S/C18H19N5O3S/c1-18(2,3)17(25)26-11-23-9-13(8-20-23)21-15(24)14-10-27-16(22-14)12-4-6-19-7-5-12/h4-10H,11H2,1-3H3,(H,21,24). The second kappa shape index (κ2) is 7.67. The molecule has 0 aliphatic heterocycles. The fourth-order valence-corrected chi connectivity index (χ4v) is 2.85. The van der Waals surface area contributed by atoms with Gasteiger partial charge in [0.05, 0.1) is 23.5 Å². The number of hydrogen-bond acceptors (Lipinski definition) is 7. The second-order valence-electron chi connectivity index (χ2n) is 6.81. The van der Waals surface area contributed by atoms with Crippen molar-refractivity contribution in [2.45, 2.75) is 27.5 Å². The first-order chi connectivity index (χ1) is 12.8. The third-order valence-electron chi connectivity index (χ3n) is 3.50. The molecule has 0 spiro atoms. The summed E-state index contributed by atoms with van der Waals surface area (Å²) in [5.74, 6) is -0.660. The molecule has 0 radical (unpaired) electrons. The summed E-state index contributed by atoms with van der Waals surface area (Å²) < 4.78 is 6.61. The Labute approximate surface area is 160 Å². The molecule has 0 aromatic carbocycles. The first-order valence-corrected chi connectivity index (χ1v) is 9.08. The van der Waals surface area contributed by atoms with E-state index in [-0.39, 0.29) is 18.6 Å². The minimum absolute atomic E-state index is 0.0190. The fraction of sp³-hybridized carbons (Fsp3) is 0.278. The summed E-state index contributed by atoms with van der Waals surface area (Å²) >= 11 is 1.38. The number of nitrogens with one attached hydrogen (secondary N) is 1. The third kappa shape index (κ3) is 4.76. The van der Waals surface area contributed by atoms with Gasteiger partial charge in [-0.2, -0.15) is 5.10 Å². The lowest BCUT2D eigenvalue weighted by Crippen LogP contribution is -2.24. The predicted octanol–water partition coefficient (Wildman–Crippen LogP) is 3.20. The number of nitrogens with zero attached hydrogens (tertiary/aromatic N) is 4. The summed E-state index contributed by atoms with van der Waals surface area (Å²) in [7, 11) is 0. The van der Waals surface area contributed by atoms with E-state index < -0.39 is 5.41 Å². The molecule has 0 aliphatic carbocycles. The van der Waals surface area contributed by atoms with E-state index in [0.29, 0.717) is 11.4 Å². The van der Waals surface area contributed by atoms with Crippen LogP contribution in [-0.4, -0.2) is 31.6 Å². The highest BCUT2D eigenvalue weighted by Crippen LogP contribution is 2.23. The molecule has 3 rings (SSSR count). The van der Waals surface area contributed by atoms with Gasteiger partial charge in [-0.3, -0.25) is 14.6 Å². The van der Waals surface area contributed by atoms with Gasteiger partial charge in [0.25, 0.3) is 5.91 Å². The SMILES string of the molecule is CC(C)(C)C(=O)OCn1cc(NC(=O)c2csc(-c3ccncc3)n2)cn1. The van der Waals surface area contributed by atoms with Crippen LogP contribution in [0.15, 0.2) is 42.3 Å². The van der Waals surface area contributed by atoms with Gasteiger partial charge in [-0.15, -0.1) is 11.3 Å². The normalized spacial score (nSPS) is 11.2. The zero-order chi connectivity index (χ0) is 19.4. The molecule has 0 saturated carbocycles. The number of rotatable bonds is 5. The van der Waals surface area contributed by atoms with Crippen molar-refractivity contribution >= 4 is 28.9 Å². The maximum absolute atomic E-state index is 12.4. The number of carbonyl (C=O) groups excluding carboxylic acids is 2. The molecule has 140 valence electrons. The lowest BCUT2D eigenvalue weighted by atomic mass is 9.98. The Bertz CT molecular complexity index is 943. The van der Waals surface area contributed by atoms with E-state index in [0.717, 1.165) is 10.6 Å². The highest BCUT2D eigenvalue weighted by molar-refractivity contribution is 7.13. The average Bonchev–Trinajstić information content (AvgIpc) is 3.29. The molecule has 8 nitrogen and oxygen atoms in total. The van der Waals surface area contributed by atoms with Gasteiger partial charge in [-0.05, 0) is 32.9 Å². The summed E-state index contributed by atoms with van der Waals surface area (Å²) in [6.07, 6.45) is 6.43. The summed E-state index contributed by atoms with van der Waals surface area (Å²) in [5, 5.41) is 9.24. The van der Waals surface area contributed by atoms with Crippen molar-refractivity contribution in [2.75, 3.05) is 5.32 Å². The van der Waals surface area contributed by atoms with Gasteiger partial charge >= 0.3 is 5.97 Å². The molecular formula is C18H19N5O3S. The molecule has 0 unspecified atom stereocenters. The summed E-state index contributed by atoms with van der Waals surface area (Å²) in [6, 6.07) is 3.67. The maximum atomic E-state index is 12.4. The number of hydrogen-bond donors (Lipinski definition) is 1. The van der Waals surface area contributed by atoms with E-state index in [1.807, 2.05) is 12.1 Å². The summed E-state index contributed by atoms with van der Waals surface area (Å²) in [4.78, 5) is 32.5. The number of amides is 1. The van der Waals surface area contributed by atoms with Gasteiger partial charge in [-0.25, -0.2) is 9.67 Å². The Morgan fingerprint density at radius 3 is 2.70 bits per heavy atom. The van der Waals surface area contributed by atoms with Crippen LogP contribution >= 0.6 is 11.3 Å². The van der Waals surface area contributed by atoms with Crippen molar-refractivity contribution in [3.8, 4) is 10.6 Å². The van der Waals surface area contributed by atoms with E-state index in [2.05, 4.69) is 20.4 Å². The van der Waals surface area contributed by atoms with Gasteiger partial charge in [0, 0.05) is 23.3 Å². The van der Waals surface area contributed by atoms with Crippen LogP contribution in [-0.2, 0) is 16.3 Å². The third-order valence-corrected chi connectivity index (χ3v) is 4.39. The van der Waals surface area contributed by atoms with Crippen LogP contribution in [0.2, 0.25) is 0 Å². The monoisotopic (exact) mass is 385 g/mol. The number of esters is 1. The largest absolute Gasteiger partial charge is 0.442 e. The molecule has 1 N–H and O–H groups in total. The molecule has 9 heteroatoms. The minimum atomic E-state index is -0.582. The summed E-state index contributed by atoms with van der Waals surface area (Å²) in [6.45, 7) is 5.31. The van der Waals surface area contributed by atoms with E-state index >= 15 is 0 Å². The Morgan fingerprint density at radius 2 is 2.00 bits per heavy atom. The smallest absolute Gasteiger partial charge is 0.313 e. The highest BCUT2D eigenvalue weighted by atomic mass is 32.1. The molecule has 0 fully saturated rings. The Hall–Kier alpha value is -3.07. The first kappa shape index (κ1) is 18.7. The Morgan fingerprint density at radius 1 is 1.26 bits per heavy atom. The Balaban J connectivity index is 1.60. The van der Waals surface area contributed by atoms with E-state index in [1.54, 1.807) is 44.7 Å². The predicted molar refractivity (Wildman–Crippen MR) is 101 cm³/mol. The highest BCUT2D eigenvalue weighted by Gasteiger charge is 2.23. The van der Waals surface area contributed by atoms with Crippen molar-refractivity contribution in [1.29, 1.82) is 0 Å². The molecule has 3 heterocycles. The molecule has 3 aromatic heterocycles. The zero-order valence-corrected chi connectivity index (χ0v) is 16.0. The van der Waals surface area contributed by atoms with Gasteiger partial charge < -0.3 is 10.1 Å². The Kier molecular flexibility index (Phi) is 5.31. The van der Waals surface area contributed by atoms with Crippen LogP contribution in [0.3, 0.4) is 0 Å². The lowest BCUT2D eigenvalue weighted by Gasteiger charge is -2.16. The van der Waals surface area contributed by atoms with Crippen molar-refractivity contribution in [2.24, 2.45) is 5.41 Å². The molecule has 0 aliphatic rings. The van der Waals surface area contributed by atoms with Crippen LogP contribution in [0, 0.1) is 5.41 Å². The topological polar surface area (TPSA) is 99.0 Å². The maximum Gasteiger partial charge on any atom is 0.313 e. The fourth-order valence-electron chi connectivity index (χ4n) is 2.04. The molecule has 0 bridgehead atoms. The number of thiazole rings is 1. The molecule has 0 saturated heterocycles. The van der Waals surface area contributed by atoms with Gasteiger partial charge in [-0.1, -0.05) is 0 Å². The molecular weight excluding hydrogens is 366 g/mol. The molecule has 27 heavy (non-hydrogen) atoms. The number of carbonyl (C=O) groups is 2. The second-order valence-corrected chi connectivity index (χ2v) is 7.67. The van der Waals surface area contributed by atoms with Crippen LogP contribution in [0.1, 0.15) is 31.3 Å². The molecule has 3 aromatic rings. The first-order valence-electron chi connectivity index (χ1n) is 8.20. The average molecular weight is 385 g/mol. The van der Waals surface area contributed by atoms with Gasteiger partial charge in [0.2, 0.25) is 0 Å². The van der Waals surface area contributed by atoms with E-state index in [4.69, 9.17) is 4.74 Å². The number of pyridine rings is 1. The number of anilines is 1.